The van der Waals surface area contributed by atoms with E-state index in [-0.39, 0.29) is 11.5 Å². The van der Waals surface area contributed by atoms with E-state index in [2.05, 4.69) is 4.74 Å². The van der Waals surface area contributed by atoms with E-state index in [4.69, 9.17) is 9.47 Å². The van der Waals surface area contributed by atoms with Gasteiger partial charge in [0.2, 0.25) is 0 Å². The summed E-state index contributed by atoms with van der Waals surface area (Å²) in [5, 5.41) is 59.4. The van der Waals surface area contributed by atoms with Crippen molar-refractivity contribution in [1.82, 2.24) is 0 Å². The highest BCUT2D eigenvalue weighted by Crippen LogP contribution is 2.34. The van der Waals surface area contributed by atoms with Crippen LogP contribution in [0, 0.1) is 0 Å². The molecule has 202 valence electrons. The molecular formula is C26H26O12. The van der Waals surface area contributed by atoms with E-state index in [1.165, 1.54) is 48.6 Å². The van der Waals surface area contributed by atoms with Gasteiger partial charge in [-0.25, -0.2) is 14.4 Å². The van der Waals surface area contributed by atoms with Gasteiger partial charge in [-0.3, -0.25) is 0 Å². The van der Waals surface area contributed by atoms with E-state index in [9.17, 15) is 45.0 Å². The third-order valence-corrected chi connectivity index (χ3v) is 5.76. The van der Waals surface area contributed by atoms with Gasteiger partial charge in [0.05, 0.1) is 7.11 Å². The van der Waals surface area contributed by atoms with Crippen LogP contribution in [0.1, 0.15) is 24.0 Å². The average Bonchev–Trinajstić information content (AvgIpc) is 2.87. The van der Waals surface area contributed by atoms with E-state index in [0.29, 0.717) is 11.1 Å². The molecule has 1 saturated carbocycles. The number of ether oxygens (including phenoxy) is 3. The van der Waals surface area contributed by atoms with Crippen LogP contribution >= 0.6 is 0 Å². The number of aliphatic hydroxyl groups is 2. The van der Waals surface area contributed by atoms with Gasteiger partial charge >= 0.3 is 17.9 Å². The number of phenols is 4. The van der Waals surface area contributed by atoms with Gasteiger partial charge in [0.15, 0.2) is 28.6 Å². The molecular weight excluding hydrogens is 504 g/mol. The molecule has 0 radical (unpaired) electrons. The second kappa shape index (κ2) is 11.7. The molecule has 0 spiro atoms. The molecule has 1 fully saturated rings. The molecule has 3 rings (SSSR count). The largest absolute Gasteiger partial charge is 0.504 e. The minimum Gasteiger partial charge on any atom is -0.504 e. The number of hydrogen-bond acceptors (Lipinski definition) is 12. The summed E-state index contributed by atoms with van der Waals surface area (Å²) in [5.74, 6) is -4.57. The number of aromatic hydroxyl groups is 4. The Bertz CT molecular complexity index is 1180. The zero-order valence-electron chi connectivity index (χ0n) is 20.1. The Morgan fingerprint density at radius 2 is 1.21 bits per heavy atom. The molecule has 2 unspecified atom stereocenters. The van der Waals surface area contributed by atoms with Crippen molar-refractivity contribution in [2.45, 2.75) is 36.8 Å². The predicted octanol–water partition coefficient (Wildman–Crippen LogP) is 1.12. The molecule has 1 aliphatic rings. The van der Waals surface area contributed by atoms with Gasteiger partial charge in [0.25, 0.3) is 0 Å². The fourth-order valence-corrected chi connectivity index (χ4v) is 3.80. The molecule has 6 N–H and O–H groups in total. The molecule has 0 bridgehead atoms. The van der Waals surface area contributed by atoms with Crippen LogP contribution in [0.3, 0.4) is 0 Å². The summed E-state index contributed by atoms with van der Waals surface area (Å²) in [6, 6.07) is 7.61. The van der Waals surface area contributed by atoms with Crippen molar-refractivity contribution in [2.75, 3.05) is 7.11 Å². The van der Waals surface area contributed by atoms with Crippen LogP contribution in [0.25, 0.3) is 12.2 Å². The summed E-state index contributed by atoms with van der Waals surface area (Å²) in [5.41, 5.74) is -1.57. The Balaban J connectivity index is 1.73. The third kappa shape index (κ3) is 6.81. The Morgan fingerprint density at radius 3 is 1.58 bits per heavy atom. The monoisotopic (exact) mass is 530 g/mol. The number of carbonyl (C=O) groups excluding carboxylic acids is 3. The number of benzene rings is 2. The van der Waals surface area contributed by atoms with Crippen molar-refractivity contribution in [1.29, 1.82) is 0 Å². The van der Waals surface area contributed by atoms with E-state index < -0.39 is 66.2 Å². The number of hydrogen-bond donors (Lipinski definition) is 6. The quantitative estimate of drug-likeness (QED) is 0.129. The normalized spacial score (nSPS) is 23.3. The lowest BCUT2D eigenvalue weighted by Gasteiger charge is -2.41. The zero-order valence-corrected chi connectivity index (χ0v) is 20.1. The third-order valence-electron chi connectivity index (χ3n) is 5.76. The van der Waals surface area contributed by atoms with Crippen molar-refractivity contribution in [3.8, 4) is 23.0 Å². The van der Waals surface area contributed by atoms with Gasteiger partial charge in [-0.1, -0.05) is 12.1 Å². The van der Waals surface area contributed by atoms with Gasteiger partial charge in [0, 0.05) is 25.0 Å². The van der Waals surface area contributed by atoms with Crippen molar-refractivity contribution < 1.29 is 59.2 Å². The molecule has 2 aromatic carbocycles. The van der Waals surface area contributed by atoms with Crippen LogP contribution in [-0.2, 0) is 28.6 Å². The first-order valence-electron chi connectivity index (χ1n) is 11.2. The molecule has 12 heteroatoms. The lowest BCUT2D eigenvalue weighted by Crippen LogP contribution is -2.58. The molecule has 2 aromatic rings. The summed E-state index contributed by atoms with van der Waals surface area (Å²) in [4.78, 5) is 37.0. The second-order valence-corrected chi connectivity index (χ2v) is 8.54. The van der Waals surface area contributed by atoms with E-state index in [0.717, 1.165) is 19.3 Å². The van der Waals surface area contributed by atoms with Gasteiger partial charge in [-0.05, 0) is 47.5 Å². The maximum atomic E-state index is 12.4. The summed E-state index contributed by atoms with van der Waals surface area (Å²) in [6.07, 6.45) is -1.23. The van der Waals surface area contributed by atoms with Crippen LogP contribution in [0.5, 0.6) is 23.0 Å². The molecule has 38 heavy (non-hydrogen) atoms. The SMILES string of the molecule is COC(=O)C1(O)C[C@H](OC(=O)/C=C/c2ccc(O)c(O)c2)C(O)[C@H](OC(=O)/C=C/c2ccc(O)c(O)c2)C1. The summed E-state index contributed by atoms with van der Waals surface area (Å²) in [7, 11) is 1.03. The second-order valence-electron chi connectivity index (χ2n) is 8.54. The topological polar surface area (TPSA) is 200 Å². The minimum absolute atomic E-state index is 0.341. The van der Waals surface area contributed by atoms with Crippen molar-refractivity contribution in [2.24, 2.45) is 0 Å². The van der Waals surface area contributed by atoms with Crippen molar-refractivity contribution >= 4 is 30.1 Å². The molecule has 12 nitrogen and oxygen atoms in total. The summed E-state index contributed by atoms with van der Waals surface area (Å²) in [6.45, 7) is 0. The Hall–Kier alpha value is -4.55. The highest BCUT2D eigenvalue weighted by molar-refractivity contribution is 5.88. The molecule has 1 aliphatic carbocycles. The molecule has 0 amide bonds. The number of rotatable bonds is 7. The smallest absolute Gasteiger partial charge is 0.338 e. The Morgan fingerprint density at radius 1 is 0.789 bits per heavy atom. The number of aliphatic hydroxyl groups excluding tert-OH is 1. The van der Waals surface area contributed by atoms with Gasteiger partial charge in [-0.2, -0.15) is 0 Å². The molecule has 0 saturated heterocycles. The molecule has 0 aliphatic heterocycles. The molecule has 4 atom stereocenters. The number of methoxy groups -OCH3 is 1. The number of phenolic OH excluding ortho intramolecular Hbond substituents is 4. The fourth-order valence-electron chi connectivity index (χ4n) is 3.80. The Kier molecular flexibility index (Phi) is 8.61. The van der Waals surface area contributed by atoms with Crippen molar-refractivity contribution in [3.63, 3.8) is 0 Å². The first kappa shape index (κ1) is 28.0. The van der Waals surface area contributed by atoms with Crippen LogP contribution < -0.4 is 0 Å². The van der Waals surface area contributed by atoms with E-state index in [1.54, 1.807) is 0 Å². The van der Waals surface area contributed by atoms with Crippen molar-refractivity contribution in [3.05, 3.63) is 59.7 Å². The standard InChI is InChI=1S/C26H26O12/c1-36-25(34)26(35)12-20(37-22(31)8-4-14-2-6-16(27)18(29)10-14)24(33)21(13-26)38-23(32)9-5-15-3-7-17(28)19(30)11-15/h2-11,20-21,24,27-30,33,35H,12-13H2,1H3/b8-4+,9-5+/t20-,21+,24?,26?. The Labute approximate surface area is 216 Å². The van der Waals surface area contributed by atoms with Gasteiger partial charge < -0.3 is 44.8 Å². The minimum atomic E-state index is -2.25. The van der Waals surface area contributed by atoms with Crippen LogP contribution in [0.15, 0.2) is 48.6 Å². The maximum absolute atomic E-state index is 12.4. The van der Waals surface area contributed by atoms with Crippen LogP contribution in [0.4, 0.5) is 0 Å². The van der Waals surface area contributed by atoms with E-state index >= 15 is 0 Å². The van der Waals surface area contributed by atoms with Crippen LogP contribution in [-0.4, -0.2) is 79.6 Å². The number of carbonyl (C=O) groups is 3. The summed E-state index contributed by atoms with van der Waals surface area (Å²) >= 11 is 0. The average molecular weight is 530 g/mol. The van der Waals surface area contributed by atoms with E-state index in [1.807, 2.05) is 0 Å². The van der Waals surface area contributed by atoms with Gasteiger partial charge in [-0.15, -0.1) is 0 Å². The first-order chi connectivity index (χ1) is 17.9. The highest BCUT2D eigenvalue weighted by atomic mass is 16.6. The predicted molar refractivity (Wildman–Crippen MR) is 130 cm³/mol. The summed E-state index contributed by atoms with van der Waals surface area (Å²) < 4.78 is 15.1. The van der Waals surface area contributed by atoms with Gasteiger partial charge in [0.1, 0.15) is 18.3 Å². The molecule has 0 aromatic heterocycles. The lowest BCUT2D eigenvalue weighted by atomic mass is 9.79. The lowest BCUT2D eigenvalue weighted by molar-refractivity contribution is -0.204. The fraction of sp³-hybridized carbons (Fsp3) is 0.269. The number of esters is 3. The molecule has 0 heterocycles. The first-order valence-corrected chi connectivity index (χ1v) is 11.2. The van der Waals surface area contributed by atoms with Crippen LogP contribution in [0.2, 0.25) is 0 Å². The maximum Gasteiger partial charge on any atom is 0.338 e. The highest BCUT2D eigenvalue weighted by Gasteiger charge is 2.52. The zero-order chi connectivity index (χ0) is 28.0.